The van der Waals surface area contributed by atoms with E-state index in [1.807, 2.05) is 15.7 Å². The number of amides is 1. The monoisotopic (exact) mass is 433 g/mol. The molecule has 1 fully saturated rings. The van der Waals surface area contributed by atoms with Gasteiger partial charge in [0, 0.05) is 35.6 Å². The predicted octanol–water partition coefficient (Wildman–Crippen LogP) is 3.25. The molecule has 0 atom stereocenters. The Morgan fingerprint density at radius 3 is 2.52 bits per heavy atom. The third-order valence-corrected chi connectivity index (χ3v) is 7.31. The first-order valence-electron chi connectivity index (χ1n) is 9.25. The van der Waals surface area contributed by atoms with E-state index in [4.69, 9.17) is 0 Å². The van der Waals surface area contributed by atoms with Crippen molar-refractivity contribution >= 4 is 38.0 Å². The maximum Gasteiger partial charge on any atom is 0.285 e. The first-order chi connectivity index (χ1) is 13.8. The van der Waals surface area contributed by atoms with E-state index in [0.717, 1.165) is 0 Å². The van der Waals surface area contributed by atoms with Gasteiger partial charge >= 0.3 is 0 Å². The average Bonchev–Trinajstić information content (AvgIpc) is 3.30. The highest BCUT2D eigenvalue weighted by Gasteiger charge is 2.35. The van der Waals surface area contributed by atoms with E-state index in [0.29, 0.717) is 48.5 Å². The minimum absolute atomic E-state index is 0.0399. The number of thiophene rings is 1. The molecule has 2 aliphatic heterocycles. The lowest BCUT2D eigenvalue weighted by molar-refractivity contribution is 0.0923. The van der Waals surface area contributed by atoms with Crippen LogP contribution in [0.4, 0.5) is 4.39 Å². The van der Waals surface area contributed by atoms with Crippen LogP contribution in [0.1, 0.15) is 35.7 Å². The number of hydrogen-bond donors (Lipinski definition) is 1. The van der Waals surface area contributed by atoms with Crippen LogP contribution in [0.15, 0.2) is 51.1 Å². The zero-order valence-corrected chi connectivity index (χ0v) is 17.4. The predicted molar refractivity (Wildman–Crippen MR) is 112 cm³/mol. The smallest absolute Gasteiger partial charge is 0.285 e. The molecular formula is C20H20FN3O3S2. The van der Waals surface area contributed by atoms with Gasteiger partial charge in [-0.1, -0.05) is 12.1 Å². The van der Waals surface area contributed by atoms with E-state index in [1.54, 1.807) is 13.0 Å². The van der Waals surface area contributed by atoms with Gasteiger partial charge in [0.15, 0.2) is 0 Å². The van der Waals surface area contributed by atoms with Gasteiger partial charge in [0.1, 0.15) is 16.6 Å². The van der Waals surface area contributed by atoms with Gasteiger partial charge in [0.25, 0.3) is 15.9 Å². The zero-order chi connectivity index (χ0) is 20.6. The van der Waals surface area contributed by atoms with Crippen LogP contribution in [0, 0.1) is 5.82 Å². The maximum absolute atomic E-state index is 13.2. The Labute approximate surface area is 172 Å². The molecule has 2 aliphatic rings. The molecule has 0 unspecified atom stereocenters. The van der Waals surface area contributed by atoms with Crippen molar-refractivity contribution in [1.29, 1.82) is 0 Å². The number of benzene rings is 1. The van der Waals surface area contributed by atoms with Crippen molar-refractivity contribution in [2.45, 2.75) is 25.8 Å². The Kier molecular flexibility index (Phi) is 5.26. The van der Waals surface area contributed by atoms with Gasteiger partial charge < -0.3 is 10.2 Å². The van der Waals surface area contributed by atoms with Gasteiger partial charge in [-0.15, -0.1) is 4.40 Å². The molecule has 0 aliphatic carbocycles. The van der Waals surface area contributed by atoms with Crippen molar-refractivity contribution in [2.75, 3.05) is 13.1 Å². The molecule has 1 N–H and O–H groups in total. The minimum atomic E-state index is -3.83. The van der Waals surface area contributed by atoms with Crippen LogP contribution in [-0.2, 0) is 10.0 Å². The molecule has 29 heavy (non-hydrogen) atoms. The first-order valence-corrected chi connectivity index (χ1v) is 11.6. The lowest BCUT2D eigenvalue weighted by Crippen LogP contribution is -2.46. The molecule has 0 saturated carbocycles. The summed E-state index contributed by atoms with van der Waals surface area (Å²) in [6.45, 7) is 2.92. The normalized spacial score (nSPS) is 19.4. The number of halogens is 1. The van der Waals surface area contributed by atoms with Gasteiger partial charge in [-0.2, -0.15) is 19.8 Å². The Balaban J connectivity index is 1.47. The topological polar surface area (TPSA) is 78.8 Å². The van der Waals surface area contributed by atoms with Crippen molar-refractivity contribution in [2.24, 2.45) is 4.40 Å². The number of hydrogen-bond acceptors (Lipinski definition) is 5. The number of likely N-dealkylation sites (tertiary alicyclic amines) is 1. The van der Waals surface area contributed by atoms with E-state index in [-0.39, 0.29) is 16.9 Å². The quantitative estimate of drug-likeness (QED) is 0.806. The molecule has 1 saturated heterocycles. The van der Waals surface area contributed by atoms with Crippen LogP contribution >= 0.6 is 11.3 Å². The van der Waals surface area contributed by atoms with Crippen LogP contribution in [0.2, 0.25) is 0 Å². The van der Waals surface area contributed by atoms with E-state index in [2.05, 4.69) is 9.71 Å². The SMILES string of the molecule is CC1=C(c2ccc(F)cc2)S(=O)(=O)N=C1N1CCC(NC(=O)c2ccsc2)CC1. The first kappa shape index (κ1) is 19.8. The molecule has 1 aromatic heterocycles. The summed E-state index contributed by atoms with van der Waals surface area (Å²) in [7, 11) is -3.83. The number of nitrogens with one attached hydrogen (secondary N) is 1. The van der Waals surface area contributed by atoms with Gasteiger partial charge in [0.2, 0.25) is 0 Å². The molecule has 6 nitrogen and oxygen atoms in total. The third kappa shape index (κ3) is 3.97. The minimum Gasteiger partial charge on any atom is -0.356 e. The number of nitrogens with zero attached hydrogens (tertiary/aromatic N) is 2. The maximum atomic E-state index is 13.2. The van der Waals surface area contributed by atoms with Crippen molar-refractivity contribution in [3.63, 3.8) is 0 Å². The molecule has 152 valence electrons. The number of sulfonamides is 1. The van der Waals surface area contributed by atoms with Crippen LogP contribution in [0.3, 0.4) is 0 Å². The number of rotatable bonds is 3. The second kappa shape index (κ2) is 7.72. The second-order valence-electron chi connectivity index (χ2n) is 7.10. The van der Waals surface area contributed by atoms with E-state index < -0.39 is 15.8 Å². The van der Waals surface area contributed by atoms with Crippen molar-refractivity contribution in [1.82, 2.24) is 10.2 Å². The highest BCUT2D eigenvalue weighted by atomic mass is 32.2. The van der Waals surface area contributed by atoms with Gasteiger partial charge in [-0.3, -0.25) is 4.79 Å². The molecule has 0 radical (unpaired) electrons. The molecule has 4 rings (SSSR count). The number of carbonyl (C=O) groups excluding carboxylic acids is 1. The van der Waals surface area contributed by atoms with Crippen LogP contribution < -0.4 is 5.32 Å². The van der Waals surface area contributed by atoms with Crippen molar-refractivity contribution in [3.05, 3.63) is 63.6 Å². The lowest BCUT2D eigenvalue weighted by atomic mass is 10.0. The van der Waals surface area contributed by atoms with E-state index in [1.165, 1.54) is 35.6 Å². The molecule has 2 aromatic rings. The fourth-order valence-electron chi connectivity index (χ4n) is 3.68. The molecule has 3 heterocycles. The molecule has 1 amide bonds. The van der Waals surface area contributed by atoms with E-state index >= 15 is 0 Å². The number of carbonyl (C=O) groups is 1. The van der Waals surface area contributed by atoms with Crippen molar-refractivity contribution in [3.8, 4) is 0 Å². The van der Waals surface area contributed by atoms with E-state index in [9.17, 15) is 17.6 Å². The standard InChI is InChI=1S/C20H20FN3O3S2/c1-13-18(14-2-4-16(21)5-3-14)29(26,27)23-19(13)24-9-6-17(7-10-24)22-20(25)15-8-11-28-12-15/h2-5,8,11-12,17H,6-7,9-10H2,1H3,(H,22,25). The second-order valence-corrected chi connectivity index (χ2v) is 9.42. The molecule has 0 bridgehead atoms. The van der Waals surface area contributed by atoms with Crippen molar-refractivity contribution < 1.29 is 17.6 Å². The largest absolute Gasteiger partial charge is 0.356 e. The summed E-state index contributed by atoms with van der Waals surface area (Å²) in [5.74, 6) is -0.0674. The highest BCUT2D eigenvalue weighted by molar-refractivity contribution is 8.00. The molecule has 9 heteroatoms. The lowest BCUT2D eigenvalue weighted by Gasteiger charge is -2.33. The molecule has 1 aromatic carbocycles. The Morgan fingerprint density at radius 1 is 1.21 bits per heavy atom. The zero-order valence-electron chi connectivity index (χ0n) is 15.8. The van der Waals surface area contributed by atoms with Crippen LogP contribution in [0.5, 0.6) is 0 Å². The Bertz CT molecular complexity index is 1080. The van der Waals surface area contributed by atoms with Crippen LogP contribution in [-0.4, -0.2) is 44.2 Å². The van der Waals surface area contributed by atoms with Gasteiger partial charge in [-0.25, -0.2) is 4.39 Å². The van der Waals surface area contributed by atoms with Gasteiger partial charge in [-0.05, 0) is 48.9 Å². The highest BCUT2D eigenvalue weighted by Crippen LogP contribution is 2.34. The number of amidine groups is 1. The number of piperidine rings is 1. The summed E-state index contributed by atoms with van der Waals surface area (Å²) in [5, 5.41) is 6.71. The Hall–Kier alpha value is -2.52. The fraction of sp³-hybridized carbons (Fsp3) is 0.300. The summed E-state index contributed by atoms with van der Waals surface area (Å²) >= 11 is 1.48. The third-order valence-electron chi connectivity index (χ3n) is 5.16. The summed E-state index contributed by atoms with van der Waals surface area (Å²) in [5.41, 5.74) is 1.66. The summed E-state index contributed by atoms with van der Waals surface area (Å²) in [6.07, 6.45) is 1.40. The molecule has 0 spiro atoms. The molecular weight excluding hydrogens is 413 g/mol. The summed E-state index contributed by atoms with van der Waals surface area (Å²) in [6, 6.07) is 7.22. The fourth-order valence-corrected chi connectivity index (χ4v) is 5.80. The average molecular weight is 434 g/mol. The van der Waals surface area contributed by atoms with Crippen LogP contribution in [0.25, 0.3) is 4.91 Å². The summed E-state index contributed by atoms with van der Waals surface area (Å²) < 4.78 is 42.5. The van der Waals surface area contributed by atoms with Gasteiger partial charge in [0.05, 0.1) is 0 Å². The summed E-state index contributed by atoms with van der Waals surface area (Å²) in [4.78, 5) is 14.3. The Morgan fingerprint density at radius 2 is 1.90 bits per heavy atom.